The molecule has 2 aromatic rings. The molecular formula is C19H23N3O5. The van der Waals surface area contributed by atoms with Crippen LogP contribution in [0.15, 0.2) is 46.0 Å². The van der Waals surface area contributed by atoms with Crippen molar-refractivity contribution < 1.29 is 14.3 Å². The molecule has 0 spiro atoms. The Morgan fingerprint density at radius 1 is 1.04 bits per heavy atom. The number of carbonyl (C=O) groups excluding carboxylic acids is 1. The van der Waals surface area contributed by atoms with Crippen molar-refractivity contribution in [3.05, 3.63) is 62.8 Å². The van der Waals surface area contributed by atoms with Gasteiger partial charge in [-0.2, -0.15) is 0 Å². The average molecular weight is 373 g/mol. The molecule has 3 rings (SSSR count). The van der Waals surface area contributed by atoms with E-state index < -0.39 is 17.2 Å². The van der Waals surface area contributed by atoms with Gasteiger partial charge in [-0.3, -0.25) is 14.3 Å². The quantitative estimate of drug-likeness (QED) is 0.582. The monoisotopic (exact) mass is 373 g/mol. The van der Waals surface area contributed by atoms with Crippen molar-refractivity contribution in [2.24, 2.45) is 0 Å². The highest BCUT2D eigenvalue weighted by atomic mass is 16.6. The number of ether oxygens (including phenoxy) is 2. The molecule has 0 aliphatic carbocycles. The summed E-state index contributed by atoms with van der Waals surface area (Å²) >= 11 is 0. The second-order valence-corrected chi connectivity index (χ2v) is 6.31. The van der Waals surface area contributed by atoms with E-state index in [1.54, 1.807) is 24.3 Å². The molecule has 27 heavy (non-hydrogen) atoms. The number of piperidine rings is 1. The zero-order valence-electron chi connectivity index (χ0n) is 15.1. The Bertz CT molecular complexity index is 869. The minimum atomic E-state index is -0.510. The summed E-state index contributed by atoms with van der Waals surface area (Å²) in [5, 5.41) is 0. The van der Waals surface area contributed by atoms with Crippen LogP contribution in [-0.4, -0.2) is 41.8 Å². The Hall–Kier alpha value is -2.87. The Kier molecular flexibility index (Phi) is 6.43. The van der Waals surface area contributed by atoms with Crippen LogP contribution in [0.5, 0.6) is 0 Å². The molecule has 1 aliphatic rings. The third-order valence-corrected chi connectivity index (χ3v) is 4.38. The summed E-state index contributed by atoms with van der Waals surface area (Å²) in [5.41, 5.74) is -0.459. The van der Waals surface area contributed by atoms with Crippen molar-refractivity contribution in [3.8, 4) is 0 Å². The predicted molar refractivity (Wildman–Crippen MR) is 100 cm³/mol. The van der Waals surface area contributed by atoms with Gasteiger partial charge in [0.2, 0.25) is 0 Å². The van der Waals surface area contributed by atoms with Gasteiger partial charge in [-0.25, -0.2) is 9.59 Å². The average Bonchev–Trinajstić information content (AvgIpc) is 2.70. The number of anilines is 1. The number of H-pyrrole nitrogens is 1. The molecular weight excluding hydrogens is 350 g/mol. The molecule has 1 aliphatic heterocycles. The molecule has 0 atom stereocenters. The first-order valence-electron chi connectivity index (χ1n) is 9.04. The van der Waals surface area contributed by atoms with E-state index >= 15 is 0 Å². The van der Waals surface area contributed by atoms with E-state index in [2.05, 4.69) is 4.98 Å². The maximum absolute atomic E-state index is 12.2. The SMILES string of the molecule is O=C(OCCOCn1c(N2CCCCC2)cc(=O)[nH]c1=O)c1ccccc1. The molecule has 0 unspecified atom stereocenters. The second-order valence-electron chi connectivity index (χ2n) is 6.31. The van der Waals surface area contributed by atoms with Crippen LogP contribution < -0.4 is 16.1 Å². The first-order chi connectivity index (χ1) is 13.1. The molecule has 8 nitrogen and oxygen atoms in total. The lowest BCUT2D eigenvalue weighted by atomic mass is 10.1. The number of esters is 1. The molecule has 1 aromatic carbocycles. The molecule has 0 radical (unpaired) electrons. The van der Waals surface area contributed by atoms with Crippen LogP contribution in [0.1, 0.15) is 29.6 Å². The predicted octanol–water partition coefficient (Wildman–Crippen LogP) is 1.36. The Morgan fingerprint density at radius 3 is 2.52 bits per heavy atom. The standard InChI is InChI=1S/C19H23N3O5/c23-16-13-17(21-9-5-2-6-10-21)22(19(25)20-16)14-26-11-12-27-18(24)15-7-3-1-4-8-15/h1,3-4,7-8,13H,2,5-6,9-12,14H2,(H,20,23,25). The summed E-state index contributed by atoms with van der Waals surface area (Å²) in [6.45, 7) is 1.80. The van der Waals surface area contributed by atoms with Gasteiger partial charge in [0.15, 0.2) is 0 Å². The lowest BCUT2D eigenvalue weighted by Gasteiger charge is -2.30. The molecule has 0 amide bonds. The molecule has 1 N–H and O–H groups in total. The maximum Gasteiger partial charge on any atom is 0.338 e. The van der Waals surface area contributed by atoms with Gasteiger partial charge in [0.05, 0.1) is 12.2 Å². The van der Waals surface area contributed by atoms with E-state index in [0.29, 0.717) is 11.4 Å². The van der Waals surface area contributed by atoms with Crippen molar-refractivity contribution in [1.29, 1.82) is 0 Å². The van der Waals surface area contributed by atoms with Gasteiger partial charge in [0, 0.05) is 19.2 Å². The minimum Gasteiger partial charge on any atom is -0.460 e. The van der Waals surface area contributed by atoms with Gasteiger partial charge < -0.3 is 14.4 Å². The van der Waals surface area contributed by atoms with E-state index in [0.717, 1.165) is 32.4 Å². The maximum atomic E-state index is 12.2. The van der Waals surface area contributed by atoms with Crippen LogP contribution in [-0.2, 0) is 16.2 Å². The van der Waals surface area contributed by atoms with Crippen molar-refractivity contribution in [3.63, 3.8) is 0 Å². The zero-order valence-corrected chi connectivity index (χ0v) is 15.1. The number of nitrogens with one attached hydrogen (secondary N) is 1. The van der Waals surface area contributed by atoms with Crippen LogP contribution in [0, 0.1) is 0 Å². The van der Waals surface area contributed by atoms with E-state index in [1.807, 2.05) is 11.0 Å². The van der Waals surface area contributed by atoms with Crippen LogP contribution in [0.3, 0.4) is 0 Å². The van der Waals surface area contributed by atoms with Gasteiger partial charge in [0.25, 0.3) is 5.56 Å². The molecule has 8 heteroatoms. The summed E-state index contributed by atoms with van der Waals surface area (Å²) in [5.74, 6) is 0.138. The number of carbonyl (C=O) groups is 1. The van der Waals surface area contributed by atoms with E-state index in [1.165, 1.54) is 10.6 Å². The molecule has 144 valence electrons. The summed E-state index contributed by atoms with van der Waals surface area (Å²) in [6, 6.07) is 10.1. The second kappa shape index (κ2) is 9.18. The summed E-state index contributed by atoms with van der Waals surface area (Å²) in [4.78, 5) is 40.0. The number of hydrogen-bond acceptors (Lipinski definition) is 6. The number of benzene rings is 1. The highest BCUT2D eigenvalue weighted by Gasteiger charge is 2.16. The summed E-state index contributed by atoms with van der Waals surface area (Å²) in [7, 11) is 0. The minimum absolute atomic E-state index is 0.0235. The van der Waals surface area contributed by atoms with Gasteiger partial charge >= 0.3 is 11.7 Å². The van der Waals surface area contributed by atoms with Gasteiger partial charge in [-0.15, -0.1) is 0 Å². The van der Waals surface area contributed by atoms with Crippen LogP contribution in [0.2, 0.25) is 0 Å². The summed E-state index contributed by atoms with van der Waals surface area (Å²) < 4.78 is 12.0. The van der Waals surface area contributed by atoms with Crippen molar-refractivity contribution in [2.75, 3.05) is 31.2 Å². The van der Waals surface area contributed by atoms with E-state index in [4.69, 9.17) is 9.47 Å². The van der Waals surface area contributed by atoms with Crippen molar-refractivity contribution >= 4 is 11.8 Å². The molecule has 1 fully saturated rings. The fourth-order valence-corrected chi connectivity index (χ4v) is 3.02. The number of rotatable bonds is 7. The van der Waals surface area contributed by atoms with Crippen LogP contribution >= 0.6 is 0 Å². The largest absolute Gasteiger partial charge is 0.460 e. The molecule has 1 saturated heterocycles. The fourth-order valence-electron chi connectivity index (χ4n) is 3.02. The van der Waals surface area contributed by atoms with Crippen LogP contribution in [0.4, 0.5) is 5.82 Å². The first-order valence-corrected chi connectivity index (χ1v) is 9.04. The third kappa shape index (κ3) is 5.07. The lowest BCUT2D eigenvalue weighted by Crippen LogP contribution is -2.39. The molecule has 2 heterocycles. The van der Waals surface area contributed by atoms with Gasteiger partial charge in [-0.1, -0.05) is 18.2 Å². The third-order valence-electron chi connectivity index (χ3n) is 4.38. The molecule has 1 aromatic heterocycles. The topological polar surface area (TPSA) is 93.6 Å². The lowest BCUT2D eigenvalue weighted by molar-refractivity contribution is 0.0165. The van der Waals surface area contributed by atoms with Crippen molar-refractivity contribution in [1.82, 2.24) is 9.55 Å². The number of aromatic nitrogens is 2. The van der Waals surface area contributed by atoms with Crippen LogP contribution in [0.25, 0.3) is 0 Å². The highest BCUT2D eigenvalue weighted by Crippen LogP contribution is 2.17. The summed E-state index contributed by atoms with van der Waals surface area (Å²) in [6.07, 6.45) is 3.20. The van der Waals surface area contributed by atoms with E-state index in [9.17, 15) is 14.4 Å². The van der Waals surface area contributed by atoms with Crippen molar-refractivity contribution in [2.45, 2.75) is 26.0 Å². The smallest absolute Gasteiger partial charge is 0.338 e. The first kappa shape index (κ1) is 18.9. The Morgan fingerprint density at radius 2 is 1.78 bits per heavy atom. The highest BCUT2D eigenvalue weighted by molar-refractivity contribution is 5.89. The zero-order chi connectivity index (χ0) is 19.1. The Labute approximate surface area is 156 Å². The number of nitrogens with zero attached hydrogens (tertiary/aromatic N) is 2. The van der Waals surface area contributed by atoms with Gasteiger partial charge in [-0.05, 0) is 31.4 Å². The van der Waals surface area contributed by atoms with Gasteiger partial charge in [0.1, 0.15) is 19.2 Å². The normalized spacial score (nSPS) is 14.1. The number of aromatic amines is 1. The fraction of sp³-hybridized carbons (Fsp3) is 0.421. The Balaban J connectivity index is 1.55. The van der Waals surface area contributed by atoms with E-state index in [-0.39, 0.29) is 19.9 Å². The molecule has 0 saturated carbocycles. The number of hydrogen-bond donors (Lipinski definition) is 1. The molecule has 0 bridgehead atoms.